The lowest BCUT2D eigenvalue weighted by atomic mass is 9.49. The summed E-state index contributed by atoms with van der Waals surface area (Å²) in [5, 5.41) is 0.393. The van der Waals surface area contributed by atoms with E-state index in [1.54, 1.807) is 13.8 Å². The molecule has 35 heavy (non-hydrogen) atoms. The van der Waals surface area contributed by atoms with Crippen molar-refractivity contribution in [3.8, 4) is 0 Å². The zero-order valence-electron chi connectivity index (χ0n) is 22.9. The number of esters is 1. The lowest BCUT2D eigenvalue weighted by Crippen LogP contribution is -2.47. The summed E-state index contributed by atoms with van der Waals surface area (Å²) >= 11 is 0. The number of Topliss-reactive ketones (excluding diaryl/α,β-unsaturated/α-hetero) is 1. The molecule has 0 amide bonds. The van der Waals surface area contributed by atoms with Crippen LogP contribution in [0.25, 0.3) is 0 Å². The van der Waals surface area contributed by atoms with Crippen LogP contribution in [0.1, 0.15) is 92.4 Å². The van der Waals surface area contributed by atoms with Gasteiger partial charge in [0, 0.05) is 13.0 Å². The summed E-state index contributed by atoms with van der Waals surface area (Å²) in [6.45, 7) is 10.6. The molecule has 198 valence electrons. The van der Waals surface area contributed by atoms with Crippen LogP contribution in [0.4, 0.5) is 4.48 Å². The molecule has 0 aromatic heterocycles. The number of allylic oxidation sites excluding steroid dienone is 2. The summed E-state index contributed by atoms with van der Waals surface area (Å²) in [6, 6.07) is -0.978. The van der Waals surface area contributed by atoms with E-state index in [0.717, 1.165) is 31.1 Å². The van der Waals surface area contributed by atoms with E-state index in [9.17, 15) is 14.1 Å². The van der Waals surface area contributed by atoms with Gasteiger partial charge in [-0.05, 0) is 97.7 Å². The predicted molar refractivity (Wildman–Crippen MR) is 137 cm³/mol. The first-order valence-electron chi connectivity index (χ1n) is 14.2. The van der Waals surface area contributed by atoms with E-state index in [2.05, 4.69) is 32.9 Å². The van der Waals surface area contributed by atoms with Gasteiger partial charge in [-0.25, -0.2) is 0 Å². The SMILES string of the molecule is CC(C)C(C(=O)OCC(=O)[C@H]1CCC2C=CC3CCC4C[C@@H](C)CC[C@]4(C)C3CC[C@@]21C)N(C)F. The summed E-state index contributed by atoms with van der Waals surface area (Å²) in [5.41, 5.74) is 0.325. The van der Waals surface area contributed by atoms with E-state index in [-0.39, 0.29) is 29.6 Å². The number of ether oxygens (including phenoxy) is 1. The Balaban J connectivity index is 1.46. The van der Waals surface area contributed by atoms with Crippen molar-refractivity contribution in [2.24, 2.45) is 52.3 Å². The molecule has 3 saturated carbocycles. The highest BCUT2D eigenvalue weighted by Crippen LogP contribution is 2.61. The van der Waals surface area contributed by atoms with Gasteiger partial charge in [-0.1, -0.05) is 53.2 Å². The van der Waals surface area contributed by atoms with Crippen LogP contribution in [-0.4, -0.2) is 36.6 Å². The normalized spacial score (nSPS) is 42.0. The minimum Gasteiger partial charge on any atom is -0.456 e. The van der Waals surface area contributed by atoms with Crippen LogP contribution in [0.2, 0.25) is 0 Å². The van der Waals surface area contributed by atoms with Gasteiger partial charge < -0.3 is 4.74 Å². The Labute approximate surface area is 212 Å². The van der Waals surface area contributed by atoms with Gasteiger partial charge >= 0.3 is 5.97 Å². The molecule has 4 rings (SSSR count). The van der Waals surface area contributed by atoms with Crippen LogP contribution in [0, 0.1) is 52.3 Å². The predicted octanol–water partition coefficient (Wildman–Crippen LogP) is 6.79. The minimum absolute atomic E-state index is 0.0112. The van der Waals surface area contributed by atoms with Crippen LogP contribution in [0.5, 0.6) is 0 Å². The van der Waals surface area contributed by atoms with Crippen molar-refractivity contribution in [3.63, 3.8) is 0 Å². The van der Waals surface area contributed by atoms with E-state index >= 15 is 0 Å². The number of carbonyl (C=O) groups is 2. The Kier molecular flexibility index (Phi) is 7.87. The standard InChI is InChI=1S/C30H48FNO3/c1-19(2)27(32(6)31)28(34)35-18-26(33)25-12-11-22-9-7-21-8-10-23-17-20(3)13-15-30(23,5)24(21)14-16-29(22,25)4/h7,9,19-25,27H,8,10-18H2,1-6H3/t20-,21?,22?,23?,24?,25+,27?,29-,30-/m0/s1. The van der Waals surface area contributed by atoms with Crippen molar-refractivity contribution < 1.29 is 18.8 Å². The number of nitrogens with zero attached hydrogens (tertiary/aromatic N) is 1. The number of hydrogen-bond donors (Lipinski definition) is 0. The van der Waals surface area contributed by atoms with E-state index in [4.69, 9.17) is 4.74 Å². The van der Waals surface area contributed by atoms with Crippen molar-refractivity contribution in [1.82, 2.24) is 5.12 Å². The van der Waals surface area contributed by atoms with Gasteiger partial charge in [-0.15, -0.1) is 9.60 Å². The molecule has 0 radical (unpaired) electrons. The molecule has 0 heterocycles. The second-order valence-electron chi connectivity index (χ2n) is 13.4. The molecule has 5 unspecified atom stereocenters. The van der Waals surface area contributed by atoms with E-state index in [0.29, 0.717) is 28.3 Å². The lowest BCUT2D eigenvalue weighted by Gasteiger charge is -2.56. The van der Waals surface area contributed by atoms with Crippen LogP contribution >= 0.6 is 0 Å². The smallest absolute Gasteiger partial charge is 0.326 e. The molecular weight excluding hydrogens is 441 g/mol. The summed E-state index contributed by atoms with van der Waals surface area (Å²) in [4.78, 5) is 25.9. The lowest BCUT2D eigenvalue weighted by molar-refractivity contribution is -0.162. The molecule has 4 aliphatic carbocycles. The molecule has 0 saturated heterocycles. The largest absolute Gasteiger partial charge is 0.456 e. The molecule has 0 aromatic carbocycles. The van der Waals surface area contributed by atoms with Crippen molar-refractivity contribution in [3.05, 3.63) is 12.2 Å². The topological polar surface area (TPSA) is 46.6 Å². The molecule has 0 bridgehead atoms. The Hall–Kier alpha value is -1.23. The zero-order valence-corrected chi connectivity index (χ0v) is 22.9. The first kappa shape index (κ1) is 26.8. The fraction of sp³-hybridized carbons (Fsp3) is 0.867. The molecule has 0 aliphatic heterocycles. The van der Waals surface area contributed by atoms with Crippen LogP contribution in [0.15, 0.2) is 12.2 Å². The van der Waals surface area contributed by atoms with Gasteiger partial charge in [0.2, 0.25) is 0 Å². The highest BCUT2D eigenvalue weighted by atomic mass is 19.2. The number of hydrogen-bond acceptors (Lipinski definition) is 4. The zero-order chi connectivity index (χ0) is 25.5. The maximum absolute atomic E-state index is 13.8. The summed E-state index contributed by atoms with van der Waals surface area (Å²) in [5.74, 6) is 2.51. The summed E-state index contributed by atoms with van der Waals surface area (Å²) in [6.07, 6.45) is 15.9. The third-order valence-corrected chi connectivity index (χ3v) is 11.0. The number of likely N-dealkylation sites (N-methyl/N-ethyl adjacent to an activating group) is 1. The molecule has 0 N–H and O–H groups in total. The Morgan fingerprint density at radius 2 is 1.74 bits per heavy atom. The number of ketones is 1. The molecule has 0 spiro atoms. The van der Waals surface area contributed by atoms with Crippen LogP contribution < -0.4 is 0 Å². The van der Waals surface area contributed by atoms with Gasteiger partial charge in [-0.2, -0.15) is 0 Å². The quantitative estimate of drug-likeness (QED) is 0.234. The highest BCUT2D eigenvalue weighted by Gasteiger charge is 2.54. The fourth-order valence-corrected chi connectivity index (χ4v) is 8.80. The highest BCUT2D eigenvalue weighted by molar-refractivity contribution is 5.86. The first-order chi connectivity index (χ1) is 16.5. The number of halogens is 1. The molecule has 4 aliphatic rings. The third-order valence-electron chi connectivity index (χ3n) is 11.0. The van der Waals surface area contributed by atoms with Gasteiger partial charge in [-0.3, -0.25) is 9.59 Å². The second kappa shape index (κ2) is 10.3. The van der Waals surface area contributed by atoms with E-state index in [1.165, 1.54) is 45.6 Å². The van der Waals surface area contributed by atoms with E-state index in [1.807, 2.05) is 0 Å². The Bertz CT molecular complexity index is 816. The average Bonchev–Trinajstić information content (AvgIpc) is 3.09. The summed E-state index contributed by atoms with van der Waals surface area (Å²) < 4.78 is 19.2. The van der Waals surface area contributed by atoms with Crippen molar-refractivity contribution >= 4 is 11.8 Å². The minimum atomic E-state index is -0.978. The Morgan fingerprint density at radius 1 is 1.03 bits per heavy atom. The van der Waals surface area contributed by atoms with Crippen molar-refractivity contribution in [1.29, 1.82) is 0 Å². The third kappa shape index (κ3) is 5.00. The molecule has 9 atom stereocenters. The monoisotopic (exact) mass is 489 g/mol. The molecule has 3 fully saturated rings. The fourth-order valence-electron chi connectivity index (χ4n) is 8.80. The first-order valence-corrected chi connectivity index (χ1v) is 14.2. The number of fused-ring (bicyclic) bond motifs is 4. The molecule has 0 aromatic rings. The maximum Gasteiger partial charge on any atom is 0.326 e. The molecule has 5 heteroatoms. The maximum atomic E-state index is 13.8. The number of rotatable bonds is 6. The average molecular weight is 490 g/mol. The Morgan fingerprint density at radius 3 is 2.43 bits per heavy atom. The van der Waals surface area contributed by atoms with Crippen LogP contribution in [-0.2, 0) is 14.3 Å². The second-order valence-corrected chi connectivity index (χ2v) is 13.4. The number of carbonyl (C=O) groups excluding carboxylic acids is 2. The van der Waals surface area contributed by atoms with Gasteiger partial charge in [0.15, 0.2) is 5.78 Å². The molecular formula is C30H48FNO3. The van der Waals surface area contributed by atoms with Gasteiger partial charge in [0.05, 0.1) is 0 Å². The van der Waals surface area contributed by atoms with Crippen molar-refractivity contribution in [2.45, 2.75) is 98.4 Å². The van der Waals surface area contributed by atoms with Gasteiger partial charge in [0.25, 0.3) is 0 Å². The van der Waals surface area contributed by atoms with E-state index < -0.39 is 12.0 Å². The summed E-state index contributed by atoms with van der Waals surface area (Å²) in [7, 11) is 1.23. The molecule has 4 nitrogen and oxygen atoms in total. The van der Waals surface area contributed by atoms with Crippen LogP contribution in [0.3, 0.4) is 0 Å². The van der Waals surface area contributed by atoms with Gasteiger partial charge in [0.1, 0.15) is 12.6 Å². The van der Waals surface area contributed by atoms with Crippen molar-refractivity contribution in [2.75, 3.05) is 13.7 Å².